The molecule has 44 heavy (non-hydrogen) atoms. The van der Waals surface area contributed by atoms with Crippen LogP contribution in [0.4, 0.5) is 0 Å². The molecule has 1 saturated heterocycles. The number of nitrogens with one attached hydrogen (secondary N) is 1. The molecule has 2 aliphatic heterocycles. The zero-order chi connectivity index (χ0) is 33.8. The minimum Gasteiger partial charge on any atom is -0.466 e. The Bertz CT molecular complexity index is 1580. The highest BCUT2D eigenvalue weighted by Crippen LogP contribution is 2.53. The molecule has 0 aliphatic carbocycles. The van der Waals surface area contributed by atoms with Gasteiger partial charge < -0.3 is 24.1 Å². The van der Waals surface area contributed by atoms with Crippen LogP contribution >= 0.6 is 0 Å². The van der Waals surface area contributed by atoms with E-state index in [2.05, 4.69) is 30.5 Å². The van der Waals surface area contributed by atoms with Crippen LogP contribution in [-0.4, -0.2) is 72.1 Å². The van der Waals surface area contributed by atoms with Crippen LogP contribution in [0.15, 0.2) is 38.5 Å². The standard InChI is InChI=1S/C28H47N3O10SSi2/c1-17-15-31(25(34)30-23(17)33)24-22(40-44(11,12)27(5,6)7)28(19(39-24)16-38-43(9,10)26(2,3)4)21(29)18(42(35,36)41-28)13-14-20(32)37-8/h13-15,19,22,24H,16,29H2,1-12H3,(H,30,33,34)/b14-13+/t19-,22+,24-,28?/m1/s1. The lowest BCUT2D eigenvalue weighted by Gasteiger charge is -2.43. The molecule has 1 aromatic heterocycles. The van der Waals surface area contributed by atoms with Gasteiger partial charge in [0.15, 0.2) is 28.5 Å². The predicted octanol–water partition coefficient (Wildman–Crippen LogP) is 3.15. The Morgan fingerprint density at radius 3 is 2.20 bits per heavy atom. The fraction of sp³-hybridized carbons (Fsp3) is 0.679. The number of carbonyl (C=O) groups excluding carboxylic acids is 1. The second-order valence-corrected chi connectivity index (χ2v) is 25.4. The summed E-state index contributed by atoms with van der Waals surface area (Å²) in [6.07, 6.45) is -0.481. The lowest BCUT2D eigenvalue weighted by Crippen LogP contribution is -2.59. The number of aromatic nitrogens is 2. The van der Waals surface area contributed by atoms with Crippen molar-refractivity contribution >= 4 is 32.7 Å². The highest BCUT2D eigenvalue weighted by Gasteiger charge is 2.68. The third-order valence-corrected chi connectivity index (χ3v) is 19.6. The van der Waals surface area contributed by atoms with E-state index < -0.39 is 72.9 Å². The van der Waals surface area contributed by atoms with Gasteiger partial charge in [-0.1, -0.05) is 41.5 Å². The molecule has 13 nitrogen and oxygen atoms in total. The van der Waals surface area contributed by atoms with Gasteiger partial charge in [0.2, 0.25) is 0 Å². The Labute approximate surface area is 261 Å². The second-order valence-electron chi connectivity index (χ2n) is 14.3. The lowest BCUT2D eigenvalue weighted by atomic mass is 9.88. The molecule has 0 radical (unpaired) electrons. The number of rotatable bonds is 8. The Morgan fingerprint density at radius 2 is 1.68 bits per heavy atom. The van der Waals surface area contributed by atoms with Gasteiger partial charge in [0, 0.05) is 17.8 Å². The maximum absolute atomic E-state index is 13.6. The summed E-state index contributed by atoms with van der Waals surface area (Å²) in [5, 5.41) is -0.579. The zero-order valence-corrected chi connectivity index (χ0v) is 30.5. The molecule has 4 atom stereocenters. The molecule has 1 fully saturated rings. The number of esters is 1. The fourth-order valence-electron chi connectivity index (χ4n) is 4.44. The van der Waals surface area contributed by atoms with Crippen LogP contribution in [0.5, 0.6) is 0 Å². The van der Waals surface area contributed by atoms with Crippen LogP contribution < -0.4 is 17.0 Å². The van der Waals surface area contributed by atoms with E-state index in [0.29, 0.717) is 0 Å². The van der Waals surface area contributed by atoms with Crippen molar-refractivity contribution in [3.63, 3.8) is 0 Å². The van der Waals surface area contributed by atoms with Crippen molar-refractivity contribution in [2.24, 2.45) is 5.73 Å². The van der Waals surface area contributed by atoms with Crippen LogP contribution in [0.3, 0.4) is 0 Å². The highest BCUT2D eigenvalue weighted by atomic mass is 32.2. The molecule has 1 unspecified atom stereocenters. The minimum atomic E-state index is -4.58. The van der Waals surface area contributed by atoms with Crippen LogP contribution in [0, 0.1) is 6.92 Å². The molecule has 0 bridgehead atoms. The van der Waals surface area contributed by atoms with Crippen LogP contribution in [0.1, 0.15) is 53.3 Å². The fourth-order valence-corrected chi connectivity index (χ4v) is 8.13. The van der Waals surface area contributed by atoms with E-state index in [1.807, 2.05) is 47.0 Å². The van der Waals surface area contributed by atoms with E-state index in [4.69, 9.17) is 23.5 Å². The van der Waals surface area contributed by atoms with Gasteiger partial charge >= 0.3 is 11.7 Å². The number of hydrogen-bond acceptors (Lipinski definition) is 11. The minimum absolute atomic E-state index is 0.147. The van der Waals surface area contributed by atoms with E-state index in [1.165, 1.54) is 13.1 Å². The molecule has 3 N–H and O–H groups in total. The van der Waals surface area contributed by atoms with Crippen LogP contribution in [0.2, 0.25) is 36.3 Å². The molecule has 3 rings (SSSR count). The number of nitrogens with zero attached hydrogens (tertiary/aromatic N) is 1. The normalized spacial score (nSPS) is 26.2. The number of ether oxygens (including phenoxy) is 2. The first-order chi connectivity index (χ1) is 19.8. The number of nitrogens with two attached hydrogens (primary N) is 1. The molecule has 1 aromatic rings. The SMILES string of the molecule is COC(=O)/C=C/C1=C(N)C2(OS1(=O)=O)[C@@H](CO[Si](C)(C)C(C)(C)C)O[C@@H](n1cc(C)c(=O)[nH]c1=O)[C@@H]2O[Si](C)(C)C(C)(C)C. The summed E-state index contributed by atoms with van der Waals surface area (Å²) >= 11 is 0. The van der Waals surface area contributed by atoms with Crippen LogP contribution in [-0.2, 0) is 37.4 Å². The molecule has 2 aliphatic rings. The summed E-state index contributed by atoms with van der Waals surface area (Å²) in [5.74, 6) is -0.802. The van der Waals surface area contributed by atoms with Gasteiger partial charge in [-0.15, -0.1) is 0 Å². The smallest absolute Gasteiger partial charge is 0.330 e. The number of aryl methyl sites for hydroxylation is 1. The van der Waals surface area contributed by atoms with Gasteiger partial charge in [0.05, 0.1) is 19.4 Å². The maximum Gasteiger partial charge on any atom is 0.330 e. The third kappa shape index (κ3) is 6.48. The number of allylic oxidation sites excluding steroid dienone is 1. The van der Waals surface area contributed by atoms with Crippen molar-refractivity contribution in [2.45, 2.75) is 109 Å². The molecule has 0 aromatic carbocycles. The molecule has 16 heteroatoms. The summed E-state index contributed by atoms with van der Waals surface area (Å²) in [6, 6.07) is 0. The summed E-state index contributed by atoms with van der Waals surface area (Å²) in [4.78, 5) is 39.3. The first-order valence-corrected chi connectivity index (χ1v) is 21.6. The summed E-state index contributed by atoms with van der Waals surface area (Å²) in [7, 11) is -8.65. The van der Waals surface area contributed by atoms with Gasteiger partial charge in [-0.25, -0.2) is 13.8 Å². The van der Waals surface area contributed by atoms with E-state index in [-0.39, 0.29) is 27.9 Å². The Balaban J connectivity index is 2.38. The van der Waals surface area contributed by atoms with Gasteiger partial charge in [-0.05, 0) is 49.3 Å². The topological polar surface area (TPSA) is 178 Å². The van der Waals surface area contributed by atoms with Crippen LogP contribution in [0.25, 0.3) is 0 Å². The van der Waals surface area contributed by atoms with E-state index in [1.54, 1.807) is 0 Å². The summed E-state index contributed by atoms with van der Waals surface area (Å²) in [5.41, 5.74) is 3.32. The second kappa shape index (κ2) is 11.8. The Kier molecular flexibility index (Phi) is 9.67. The highest BCUT2D eigenvalue weighted by molar-refractivity contribution is 7.91. The quantitative estimate of drug-likeness (QED) is 0.179. The van der Waals surface area contributed by atoms with E-state index in [9.17, 15) is 22.8 Å². The summed E-state index contributed by atoms with van der Waals surface area (Å²) in [6.45, 7) is 21.5. The van der Waals surface area contributed by atoms with E-state index in [0.717, 1.165) is 23.8 Å². The number of hydrogen-bond donors (Lipinski definition) is 2. The van der Waals surface area contributed by atoms with Gasteiger partial charge in [0.1, 0.15) is 17.1 Å². The van der Waals surface area contributed by atoms with Crippen molar-refractivity contribution < 1.29 is 35.7 Å². The van der Waals surface area contributed by atoms with Crippen molar-refractivity contribution in [1.82, 2.24) is 9.55 Å². The molecule has 248 valence electrons. The first-order valence-electron chi connectivity index (χ1n) is 14.3. The average Bonchev–Trinajstić information content (AvgIpc) is 3.26. The zero-order valence-electron chi connectivity index (χ0n) is 27.7. The van der Waals surface area contributed by atoms with Crippen molar-refractivity contribution in [3.05, 3.63) is 55.4 Å². The largest absolute Gasteiger partial charge is 0.466 e. The molecular formula is C28H47N3O10SSi2. The number of aromatic amines is 1. The van der Waals surface area contributed by atoms with Gasteiger partial charge in [-0.2, -0.15) is 8.42 Å². The number of carbonyl (C=O) groups is 1. The lowest BCUT2D eigenvalue weighted by molar-refractivity contribution is -0.134. The van der Waals surface area contributed by atoms with Crippen molar-refractivity contribution in [1.29, 1.82) is 0 Å². The molecular weight excluding hydrogens is 627 g/mol. The Morgan fingerprint density at radius 1 is 1.11 bits per heavy atom. The predicted molar refractivity (Wildman–Crippen MR) is 170 cm³/mol. The first kappa shape index (κ1) is 36.1. The van der Waals surface area contributed by atoms with Gasteiger partial charge in [-0.3, -0.25) is 14.3 Å². The van der Waals surface area contributed by atoms with E-state index >= 15 is 0 Å². The van der Waals surface area contributed by atoms with Crippen molar-refractivity contribution in [3.8, 4) is 0 Å². The van der Waals surface area contributed by atoms with Gasteiger partial charge in [0.25, 0.3) is 15.7 Å². The van der Waals surface area contributed by atoms with Crippen molar-refractivity contribution in [2.75, 3.05) is 13.7 Å². The monoisotopic (exact) mass is 673 g/mol. The molecule has 1 spiro atoms. The average molecular weight is 674 g/mol. The maximum atomic E-state index is 13.6. The number of methoxy groups -OCH3 is 1. The molecule has 0 amide bonds. The summed E-state index contributed by atoms with van der Waals surface area (Å²) < 4.78 is 59.0. The number of H-pyrrole nitrogens is 1. The third-order valence-electron chi connectivity index (χ3n) is 9.29. The molecule has 3 heterocycles. The Hall–Kier alpha value is -2.35. The molecule has 0 saturated carbocycles.